The van der Waals surface area contributed by atoms with Gasteiger partial charge in [0.1, 0.15) is 0 Å². The Labute approximate surface area is 92.3 Å². The normalized spacial score (nSPS) is 11.5. The molecule has 2 N–H and O–H groups in total. The van der Waals surface area contributed by atoms with Gasteiger partial charge in [-0.25, -0.2) is 0 Å². The van der Waals surface area contributed by atoms with E-state index < -0.39 is 0 Å². The minimum absolute atomic E-state index is 0.152. The predicted molar refractivity (Wildman–Crippen MR) is 65.0 cm³/mol. The van der Waals surface area contributed by atoms with Crippen LogP contribution in [0.1, 0.15) is 20.8 Å². The standard InChI is InChI=1S/C12H21N3/c1-4-15(10-12(2,3)9-13)11-5-7-14-8-6-11/h5-8H,4,9-10,13H2,1-3H3. The summed E-state index contributed by atoms with van der Waals surface area (Å²) >= 11 is 0. The van der Waals surface area contributed by atoms with E-state index in [0.29, 0.717) is 6.54 Å². The van der Waals surface area contributed by atoms with Gasteiger partial charge >= 0.3 is 0 Å². The number of hydrogen-bond acceptors (Lipinski definition) is 3. The van der Waals surface area contributed by atoms with Gasteiger partial charge in [0.15, 0.2) is 0 Å². The molecule has 0 saturated carbocycles. The van der Waals surface area contributed by atoms with Gasteiger partial charge in [0.05, 0.1) is 0 Å². The first-order valence-electron chi connectivity index (χ1n) is 5.44. The van der Waals surface area contributed by atoms with Crippen molar-refractivity contribution in [2.45, 2.75) is 20.8 Å². The molecule has 15 heavy (non-hydrogen) atoms. The molecule has 0 aromatic carbocycles. The van der Waals surface area contributed by atoms with Crippen LogP contribution in [0.4, 0.5) is 5.69 Å². The van der Waals surface area contributed by atoms with E-state index >= 15 is 0 Å². The number of nitrogens with two attached hydrogens (primary N) is 1. The zero-order chi connectivity index (χ0) is 11.3. The number of pyridine rings is 1. The van der Waals surface area contributed by atoms with E-state index in [1.807, 2.05) is 24.5 Å². The smallest absolute Gasteiger partial charge is 0.0397 e. The molecule has 0 unspecified atom stereocenters. The molecular weight excluding hydrogens is 186 g/mol. The summed E-state index contributed by atoms with van der Waals surface area (Å²) in [4.78, 5) is 6.36. The van der Waals surface area contributed by atoms with Crippen molar-refractivity contribution in [3.63, 3.8) is 0 Å². The summed E-state index contributed by atoms with van der Waals surface area (Å²) in [5.74, 6) is 0. The van der Waals surface area contributed by atoms with E-state index in [1.165, 1.54) is 5.69 Å². The Balaban J connectivity index is 2.73. The van der Waals surface area contributed by atoms with Crippen LogP contribution in [0, 0.1) is 5.41 Å². The number of rotatable bonds is 5. The van der Waals surface area contributed by atoms with Gasteiger partial charge in [0.2, 0.25) is 0 Å². The number of aromatic nitrogens is 1. The van der Waals surface area contributed by atoms with Gasteiger partial charge in [-0.15, -0.1) is 0 Å². The van der Waals surface area contributed by atoms with Crippen LogP contribution in [0.3, 0.4) is 0 Å². The zero-order valence-corrected chi connectivity index (χ0v) is 9.90. The average Bonchev–Trinajstić information content (AvgIpc) is 2.27. The fraction of sp³-hybridized carbons (Fsp3) is 0.583. The summed E-state index contributed by atoms with van der Waals surface area (Å²) < 4.78 is 0. The van der Waals surface area contributed by atoms with Crippen molar-refractivity contribution in [1.82, 2.24) is 4.98 Å². The molecule has 0 aliphatic carbocycles. The molecule has 0 spiro atoms. The number of hydrogen-bond donors (Lipinski definition) is 1. The van der Waals surface area contributed by atoms with Gasteiger partial charge in [0.25, 0.3) is 0 Å². The summed E-state index contributed by atoms with van der Waals surface area (Å²) in [7, 11) is 0. The van der Waals surface area contributed by atoms with Crippen LogP contribution in [0.15, 0.2) is 24.5 Å². The van der Waals surface area contributed by atoms with Crippen molar-refractivity contribution < 1.29 is 0 Å². The topological polar surface area (TPSA) is 42.1 Å². The Bertz CT molecular complexity index is 282. The van der Waals surface area contributed by atoms with Crippen molar-refractivity contribution in [3.05, 3.63) is 24.5 Å². The molecule has 1 rings (SSSR count). The molecule has 0 fully saturated rings. The van der Waals surface area contributed by atoms with Gasteiger partial charge < -0.3 is 10.6 Å². The monoisotopic (exact) mass is 207 g/mol. The highest BCUT2D eigenvalue weighted by atomic mass is 15.1. The molecule has 0 amide bonds. The van der Waals surface area contributed by atoms with E-state index in [4.69, 9.17) is 5.73 Å². The maximum absolute atomic E-state index is 5.75. The summed E-state index contributed by atoms with van der Waals surface area (Å²) in [6, 6.07) is 4.08. The molecule has 0 atom stereocenters. The van der Waals surface area contributed by atoms with Gasteiger partial charge in [-0.2, -0.15) is 0 Å². The highest BCUT2D eigenvalue weighted by Crippen LogP contribution is 2.20. The number of anilines is 1. The molecule has 1 heterocycles. The van der Waals surface area contributed by atoms with Gasteiger partial charge in [-0.3, -0.25) is 4.98 Å². The van der Waals surface area contributed by atoms with E-state index in [1.54, 1.807) is 0 Å². The van der Waals surface area contributed by atoms with Gasteiger partial charge in [-0.05, 0) is 31.0 Å². The van der Waals surface area contributed by atoms with Gasteiger partial charge in [0, 0.05) is 31.2 Å². The molecule has 3 heteroatoms. The SMILES string of the molecule is CCN(CC(C)(C)CN)c1ccncc1. The van der Waals surface area contributed by atoms with E-state index in [2.05, 4.69) is 30.7 Å². The summed E-state index contributed by atoms with van der Waals surface area (Å²) in [5, 5.41) is 0. The summed E-state index contributed by atoms with van der Waals surface area (Å²) in [5.41, 5.74) is 7.12. The first-order valence-corrected chi connectivity index (χ1v) is 5.44. The summed E-state index contributed by atoms with van der Waals surface area (Å²) in [6.45, 7) is 9.22. The lowest BCUT2D eigenvalue weighted by atomic mass is 9.93. The maximum Gasteiger partial charge on any atom is 0.0397 e. The van der Waals surface area contributed by atoms with E-state index in [-0.39, 0.29) is 5.41 Å². The lowest BCUT2D eigenvalue weighted by Gasteiger charge is -2.32. The molecule has 3 nitrogen and oxygen atoms in total. The third-order valence-electron chi connectivity index (χ3n) is 2.58. The second kappa shape index (κ2) is 5.12. The Morgan fingerprint density at radius 2 is 1.93 bits per heavy atom. The molecule has 0 aliphatic rings. The highest BCUT2D eigenvalue weighted by molar-refractivity contribution is 5.44. The average molecular weight is 207 g/mol. The third kappa shape index (κ3) is 3.51. The fourth-order valence-corrected chi connectivity index (χ4v) is 1.52. The van der Waals surface area contributed by atoms with Crippen molar-refractivity contribution in [1.29, 1.82) is 0 Å². The maximum atomic E-state index is 5.75. The Kier molecular flexibility index (Phi) is 4.09. The number of nitrogens with zero attached hydrogens (tertiary/aromatic N) is 2. The first kappa shape index (κ1) is 12.0. The molecule has 0 saturated heterocycles. The Morgan fingerprint density at radius 1 is 1.33 bits per heavy atom. The molecule has 0 radical (unpaired) electrons. The van der Waals surface area contributed by atoms with Crippen molar-refractivity contribution >= 4 is 5.69 Å². The van der Waals surface area contributed by atoms with Crippen LogP contribution in [-0.2, 0) is 0 Å². The van der Waals surface area contributed by atoms with Crippen molar-refractivity contribution in [3.8, 4) is 0 Å². The van der Waals surface area contributed by atoms with Crippen LogP contribution in [0.5, 0.6) is 0 Å². The molecule has 0 aliphatic heterocycles. The lowest BCUT2D eigenvalue weighted by molar-refractivity contribution is 0.380. The molecule has 84 valence electrons. The second-order valence-electron chi connectivity index (χ2n) is 4.59. The first-order chi connectivity index (χ1) is 7.09. The Hall–Kier alpha value is -1.09. The summed E-state index contributed by atoms with van der Waals surface area (Å²) in [6.07, 6.45) is 3.65. The largest absolute Gasteiger partial charge is 0.371 e. The second-order valence-corrected chi connectivity index (χ2v) is 4.59. The Morgan fingerprint density at radius 3 is 2.40 bits per heavy atom. The highest BCUT2D eigenvalue weighted by Gasteiger charge is 2.19. The van der Waals surface area contributed by atoms with Crippen LogP contribution in [0.25, 0.3) is 0 Å². The minimum atomic E-state index is 0.152. The van der Waals surface area contributed by atoms with Crippen molar-refractivity contribution in [2.75, 3.05) is 24.5 Å². The third-order valence-corrected chi connectivity index (χ3v) is 2.58. The fourth-order valence-electron chi connectivity index (χ4n) is 1.52. The predicted octanol–water partition coefficient (Wildman–Crippen LogP) is 1.89. The molecular formula is C12H21N3. The van der Waals surface area contributed by atoms with Crippen LogP contribution < -0.4 is 10.6 Å². The minimum Gasteiger partial charge on any atom is -0.371 e. The lowest BCUT2D eigenvalue weighted by Crippen LogP contribution is -2.38. The molecule has 1 aromatic heterocycles. The van der Waals surface area contributed by atoms with Gasteiger partial charge in [-0.1, -0.05) is 13.8 Å². The molecule has 1 aromatic rings. The quantitative estimate of drug-likeness (QED) is 0.801. The van der Waals surface area contributed by atoms with Crippen LogP contribution in [-0.4, -0.2) is 24.6 Å². The van der Waals surface area contributed by atoms with E-state index in [9.17, 15) is 0 Å². The van der Waals surface area contributed by atoms with Crippen LogP contribution >= 0.6 is 0 Å². The zero-order valence-electron chi connectivity index (χ0n) is 9.90. The van der Waals surface area contributed by atoms with E-state index in [0.717, 1.165) is 13.1 Å². The van der Waals surface area contributed by atoms with Crippen LogP contribution in [0.2, 0.25) is 0 Å². The van der Waals surface area contributed by atoms with Crippen molar-refractivity contribution in [2.24, 2.45) is 11.1 Å². The molecule has 0 bridgehead atoms.